The first kappa shape index (κ1) is 20.8. The lowest BCUT2D eigenvalue weighted by atomic mass is 10.0. The summed E-state index contributed by atoms with van der Waals surface area (Å²) in [5.74, 6) is 3.33. The smallest absolute Gasteiger partial charge is 0.135 e. The van der Waals surface area contributed by atoms with Crippen molar-refractivity contribution >= 4 is 23.5 Å². The largest absolute Gasteiger partial charge is 0.354 e. The fraction of sp³-hybridized carbons (Fsp3) is 0.560. The molecule has 1 aromatic heterocycles. The van der Waals surface area contributed by atoms with E-state index in [9.17, 15) is 0 Å². The number of benzene rings is 1. The van der Waals surface area contributed by atoms with Crippen LogP contribution < -0.4 is 10.2 Å². The number of nitrogens with zero attached hydrogens (tertiary/aromatic N) is 3. The molecule has 5 heteroatoms. The van der Waals surface area contributed by atoms with E-state index < -0.39 is 0 Å². The van der Waals surface area contributed by atoms with Gasteiger partial charge in [-0.05, 0) is 67.9 Å². The van der Waals surface area contributed by atoms with Crippen molar-refractivity contribution in [2.24, 2.45) is 11.3 Å². The van der Waals surface area contributed by atoms with E-state index in [2.05, 4.69) is 66.1 Å². The lowest BCUT2D eigenvalue weighted by Gasteiger charge is -2.22. The van der Waals surface area contributed by atoms with E-state index >= 15 is 0 Å². The SMILES string of the molecule is CC(C)C.CC1CCCN1c1cc(Nc2cc(C3CC34CC4)ccc2C=N)ncn1. The van der Waals surface area contributed by atoms with Crippen molar-refractivity contribution in [2.75, 3.05) is 16.8 Å². The average molecular weight is 406 g/mol. The molecule has 1 saturated heterocycles. The Morgan fingerprint density at radius 2 is 1.97 bits per heavy atom. The van der Waals surface area contributed by atoms with E-state index in [-0.39, 0.29) is 0 Å². The van der Waals surface area contributed by atoms with Crippen LogP contribution in [0.2, 0.25) is 0 Å². The molecule has 5 rings (SSSR count). The molecule has 2 aliphatic carbocycles. The second kappa shape index (κ2) is 8.37. The average Bonchev–Trinajstić information content (AvgIpc) is 3.61. The molecule has 0 bridgehead atoms. The minimum atomic E-state index is 0.530. The minimum Gasteiger partial charge on any atom is -0.354 e. The summed E-state index contributed by atoms with van der Waals surface area (Å²) in [6, 6.07) is 9.03. The topological polar surface area (TPSA) is 64.9 Å². The molecule has 0 amide bonds. The third kappa shape index (κ3) is 4.50. The molecule has 2 unspecified atom stereocenters. The third-order valence-electron chi connectivity index (χ3n) is 6.48. The molecule has 2 heterocycles. The summed E-state index contributed by atoms with van der Waals surface area (Å²) in [4.78, 5) is 11.2. The van der Waals surface area contributed by atoms with Crippen LogP contribution >= 0.6 is 0 Å². The molecule has 0 radical (unpaired) electrons. The van der Waals surface area contributed by atoms with Gasteiger partial charge in [0, 0.05) is 36.1 Å². The Morgan fingerprint density at radius 1 is 1.20 bits per heavy atom. The van der Waals surface area contributed by atoms with Gasteiger partial charge in [-0.1, -0.05) is 32.9 Å². The van der Waals surface area contributed by atoms with Gasteiger partial charge in [-0.3, -0.25) is 0 Å². The van der Waals surface area contributed by atoms with Crippen molar-refractivity contribution in [3.8, 4) is 0 Å². The van der Waals surface area contributed by atoms with Crippen LogP contribution in [0.1, 0.15) is 76.8 Å². The highest BCUT2D eigenvalue weighted by atomic mass is 15.2. The van der Waals surface area contributed by atoms with Gasteiger partial charge >= 0.3 is 0 Å². The van der Waals surface area contributed by atoms with Crippen LogP contribution in [0.15, 0.2) is 30.6 Å². The lowest BCUT2D eigenvalue weighted by Crippen LogP contribution is -2.27. The van der Waals surface area contributed by atoms with Gasteiger partial charge in [0.05, 0.1) is 0 Å². The van der Waals surface area contributed by atoms with Crippen molar-refractivity contribution in [1.29, 1.82) is 5.41 Å². The van der Waals surface area contributed by atoms with Gasteiger partial charge in [-0.25, -0.2) is 9.97 Å². The molecule has 1 aliphatic heterocycles. The number of hydrogen-bond acceptors (Lipinski definition) is 5. The van der Waals surface area contributed by atoms with Crippen molar-refractivity contribution in [2.45, 2.75) is 71.8 Å². The van der Waals surface area contributed by atoms with Crippen LogP contribution in [0, 0.1) is 16.7 Å². The van der Waals surface area contributed by atoms with E-state index in [1.807, 2.05) is 6.07 Å². The zero-order valence-electron chi connectivity index (χ0n) is 18.8. The van der Waals surface area contributed by atoms with Gasteiger partial charge in [0.2, 0.25) is 0 Å². The van der Waals surface area contributed by atoms with E-state index in [0.29, 0.717) is 17.4 Å². The normalized spacial score (nSPS) is 23.2. The predicted molar refractivity (Wildman–Crippen MR) is 125 cm³/mol. The third-order valence-corrected chi connectivity index (χ3v) is 6.48. The van der Waals surface area contributed by atoms with Crippen LogP contribution in [0.4, 0.5) is 17.3 Å². The van der Waals surface area contributed by atoms with Gasteiger partial charge < -0.3 is 15.6 Å². The fourth-order valence-corrected chi connectivity index (χ4v) is 4.54. The van der Waals surface area contributed by atoms with Gasteiger partial charge in [0.25, 0.3) is 0 Å². The summed E-state index contributed by atoms with van der Waals surface area (Å²) in [6.07, 6.45) is 9.59. The van der Waals surface area contributed by atoms with Crippen LogP contribution in [0.25, 0.3) is 0 Å². The summed E-state index contributed by atoms with van der Waals surface area (Å²) < 4.78 is 0. The maximum Gasteiger partial charge on any atom is 0.135 e. The quantitative estimate of drug-likeness (QED) is 0.587. The maximum absolute atomic E-state index is 7.73. The van der Waals surface area contributed by atoms with E-state index in [1.165, 1.54) is 43.9 Å². The Balaban J connectivity index is 0.000000503. The van der Waals surface area contributed by atoms with Gasteiger partial charge in [0.15, 0.2) is 0 Å². The zero-order chi connectivity index (χ0) is 21.3. The van der Waals surface area contributed by atoms with Crippen molar-refractivity contribution < 1.29 is 0 Å². The summed E-state index contributed by atoms with van der Waals surface area (Å²) >= 11 is 0. The molecule has 1 aromatic carbocycles. The number of nitrogens with one attached hydrogen (secondary N) is 2. The Hall–Kier alpha value is -2.43. The molecule has 3 aliphatic rings. The predicted octanol–water partition coefficient (Wildman–Crippen LogP) is 6.14. The Morgan fingerprint density at radius 3 is 2.57 bits per heavy atom. The molecule has 2 atom stereocenters. The molecule has 5 nitrogen and oxygen atoms in total. The molecule has 3 fully saturated rings. The number of rotatable bonds is 5. The first-order valence-electron chi connectivity index (χ1n) is 11.4. The fourth-order valence-electron chi connectivity index (χ4n) is 4.54. The molecule has 2 N–H and O–H groups in total. The number of anilines is 3. The summed E-state index contributed by atoms with van der Waals surface area (Å²) in [5, 5.41) is 11.2. The molecular formula is C25H35N5. The van der Waals surface area contributed by atoms with E-state index in [0.717, 1.165) is 35.3 Å². The second-order valence-corrected chi connectivity index (χ2v) is 9.91. The van der Waals surface area contributed by atoms with Crippen LogP contribution in [0.3, 0.4) is 0 Å². The second-order valence-electron chi connectivity index (χ2n) is 9.91. The number of hydrogen-bond donors (Lipinski definition) is 2. The molecule has 30 heavy (non-hydrogen) atoms. The standard InChI is InChI=1S/C21H25N5.C4H10/c1-14-3-2-8-26(14)20-10-19(23-13-24-20)25-18-9-15(4-5-16(18)12-22)17-11-21(17)6-7-21;1-4(2)3/h4-5,9-10,12-14,17,22H,2-3,6-8,11H2,1H3,(H,23,24,25);4H,1-3H3. The van der Waals surface area contributed by atoms with E-state index in [1.54, 1.807) is 6.33 Å². The molecule has 2 saturated carbocycles. The van der Waals surface area contributed by atoms with Crippen molar-refractivity contribution in [3.05, 3.63) is 41.7 Å². The van der Waals surface area contributed by atoms with Crippen molar-refractivity contribution in [1.82, 2.24) is 9.97 Å². The molecular weight excluding hydrogens is 370 g/mol. The van der Waals surface area contributed by atoms with E-state index in [4.69, 9.17) is 5.41 Å². The first-order valence-corrected chi connectivity index (χ1v) is 11.4. The lowest BCUT2D eigenvalue weighted by molar-refractivity contribution is 0.726. The number of aromatic nitrogens is 2. The van der Waals surface area contributed by atoms with Gasteiger partial charge in [-0.2, -0.15) is 0 Å². The summed E-state index contributed by atoms with van der Waals surface area (Å²) in [7, 11) is 0. The summed E-state index contributed by atoms with van der Waals surface area (Å²) in [5.41, 5.74) is 3.91. The van der Waals surface area contributed by atoms with Gasteiger partial charge in [0.1, 0.15) is 18.0 Å². The Labute approximate surface area is 180 Å². The first-order chi connectivity index (χ1) is 14.4. The minimum absolute atomic E-state index is 0.530. The highest BCUT2D eigenvalue weighted by molar-refractivity contribution is 5.87. The van der Waals surface area contributed by atoms with Crippen LogP contribution in [0.5, 0.6) is 0 Å². The van der Waals surface area contributed by atoms with Crippen molar-refractivity contribution in [3.63, 3.8) is 0 Å². The molecule has 2 aromatic rings. The Kier molecular flexibility index (Phi) is 5.81. The zero-order valence-corrected chi connectivity index (χ0v) is 18.8. The summed E-state index contributed by atoms with van der Waals surface area (Å²) in [6.45, 7) is 9.81. The molecule has 160 valence electrons. The van der Waals surface area contributed by atoms with Crippen LogP contribution in [-0.2, 0) is 0 Å². The Bertz CT molecular complexity index is 899. The molecule has 1 spiro atoms. The monoisotopic (exact) mass is 405 g/mol. The highest BCUT2D eigenvalue weighted by Gasteiger charge is 2.62. The van der Waals surface area contributed by atoms with Crippen LogP contribution in [-0.4, -0.2) is 28.8 Å². The highest BCUT2D eigenvalue weighted by Crippen LogP contribution is 2.75. The maximum atomic E-state index is 7.73. The van der Waals surface area contributed by atoms with Gasteiger partial charge in [-0.15, -0.1) is 0 Å².